The molecule has 0 bridgehead atoms. The van der Waals surface area contributed by atoms with Crippen LogP contribution in [0.15, 0.2) is 12.1 Å². The van der Waals surface area contributed by atoms with E-state index in [1.54, 1.807) is 16.7 Å². The van der Waals surface area contributed by atoms with Gasteiger partial charge in [0, 0.05) is 12.2 Å². The number of benzene rings is 1. The first kappa shape index (κ1) is 15.4. The first-order valence-electron chi connectivity index (χ1n) is 7.58. The van der Waals surface area contributed by atoms with E-state index in [9.17, 15) is 9.59 Å². The van der Waals surface area contributed by atoms with Gasteiger partial charge in [0.05, 0.1) is 4.87 Å². The van der Waals surface area contributed by atoms with E-state index in [2.05, 4.69) is 0 Å². The highest BCUT2D eigenvalue weighted by Crippen LogP contribution is 2.47. The zero-order valence-electron chi connectivity index (χ0n) is 13.4. The minimum Gasteiger partial charge on any atom is -0.424 e. The van der Waals surface area contributed by atoms with Gasteiger partial charge >= 0.3 is 5.97 Å². The standard InChI is InChI=1S/C17H21NO3S/c1-10-5-6-11(2)15(12(10)3)21-16(20)13-9-22-17(4)8-7-14(19)18(13)17/h5-6,13H,7-9H2,1-4H3/t13-,17-/m0/s1. The SMILES string of the molecule is Cc1ccc(C)c(OC(=O)[C@@H]2CS[C@@]3(C)CCC(=O)N23)c1C. The molecule has 1 aromatic carbocycles. The number of thioether (sulfide) groups is 1. The van der Waals surface area contributed by atoms with Gasteiger partial charge in [0.1, 0.15) is 11.8 Å². The zero-order valence-corrected chi connectivity index (χ0v) is 14.3. The third-order valence-electron chi connectivity index (χ3n) is 4.79. The summed E-state index contributed by atoms with van der Waals surface area (Å²) in [5.41, 5.74) is 3.02. The van der Waals surface area contributed by atoms with Crippen molar-refractivity contribution in [1.29, 1.82) is 0 Å². The summed E-state index contributed by atoms with van der Waals surface area (Å²) in [6.07, 6.45) is 1.33. The maximum Gasteiger partial charge on any atom is 0.335 e. The molecule has 2 heterocycles. The van der Waals surface area contributed by atoms with Crippen LogP contribution in [0.2, 0.25) is 0 Å². The second kappa shape index (κ2) is 5.30. The van der Waals surface area contributed by atoms with E-state index in [4.69, 9.17) is 4.74 Å². The molecule has 2 atom stereocenters. The van der Waals surface area contributed by atoms with Crippen LogP contribution in [0.1, 0.15) is 36.5 Å². The Morgan fingerprint density at radius 3 is 2.73 bits per heavy atom. The summed E-state index contributed by atoms with van der Waals surface area (Å²) in [7, 11) is 0. The van der Waals surface area contributed by atoms with E-state index in [0.717, 1.165) is 23.1 Å². The lowest BCUT2D eigenvalue weighted by molar-refractivity contribution is -0.146. The van der Waals surface area contributed by atoms with Gasteiger partial charge in [-0.1, -0.05) is 12.1 Å². The number of esters is 1. The maximum atomic E-state index is 12.6. The number of carbonyl (C=O) groups excluding carboxylic acids is 2. The predicted molar refractivity (Wildman–Crippen MR) is 87.0 cm³/mol. The number of hydrogen-bond donors (Lipinski definition) is 0. The fraction of sp³-hybridized carbons (Fsp3) is 0.529. The van der Waals surface area contributed by atoms with Crippen molar-refractivity contribution < 1.29 is 14.3 Å². The van der Waals surface area contributed by atoms with E-state index in [1.807, 2.05) is 39.8 Å². The Balaban J connectivity index is 1.84. The Hall–Kier alpha value is -1.49. The summed E-state index contributed by atoms with van der Waals surface area (Å²) >= 11 is 1.68. The molecule has 0 N–H and O–H groups in total. The second-order valence-electron chi connectivity index (χ2n) is 6.34. The molecule has 0 saturated carbocycles. The van der Waals surface area contributed by atoms with Crippen molar-refractivity contribution in [3.63, 3.8) is 0 Å². The van der Waals surface area contributed by atoms with Crippen molar-refractivity contribution in [3.8, 4) is 5.75 Å². The van der Waals surface area contributed by atoms with Crippen molar-refractivity contribution in [2.24, 2.45) is 0 Å². The van der Waals surface area contributed by atoms with Crippen LogP contribution in [0.5, 0.6) is 5.75 Å². The van der Waals surface area contributed by atoms with Crippen LogP contribution in [-0.2, 0) is 9.59 Å². The molecule has 4 nitrogen and oxygen atoms in total. The molecule has 22 heavy (non-hydrogen) atoms. The Morgan fingerprint density at radius 2 is 2.00 bits per heavy atom. The van der Waals surface area contributed by atoms with Gasteiger partial charge in [0.2, 0.25) is 5.91 Å². The molecule has 3 rings (SSSR count). The van der Waals surface area contributed by atoms with Crippen LogP contribution < -0.4 is 4.74 Å². The van der Waals surface area contributed by atoms with Crippen LogP contribution in [0.3, 0.4) is 0 Å². The smallest absolute Gasteiger partial charge is 0.335 e. The van der Waals surface area contributed by atoms with Crippen LogP contribution in [0.25, 0.3) is 0 Å². The van der Waals surface area contributed by atoms with Gasteiger partial charge in [-0.15, -0.1) is 11.8 Å². The summed E-state index contributed by atoms with van der Waals surface area (Å²) in [6, 6.07) is 3.51. The Bertz CT molecular complexity index is 658. The average molecular weight is 319 g/mol. The van der Waals surface area contributed by atoms with E-state index >= 15 is 0 Å². The van der Waals surface area contributed by atoms with E-state index in [0.29, 0.717) is 17.9 Å². The van der Waals surface area contributed by atoms with Gasteiger partial charge in [0.25, 0.3) is 0 Å². The first-order valence-corrected chi connectivity index (χ1v) is 8.57. The third kappa shape index (κ3) is 2.32. The normalized spacial score (nSPS) is 27.2. The molecule has 0 unspecified atom stereocenters. The van der Waals surface area contributed by atoms with Gasteiger partial charge in [-0.25, -0.2) is 4.79 Å². The Kier molecular flexibility index (Phi) is 3.71. The van der Waals surface area contributed by atoms with Gasteiger partial charge < -0.3 is 9.64 Å². The van der Waals surface area contributed by atoms with Crippen LogP contribution >= 0.6 is 11.8 Å². The number of nitrogens with zero attached hydrogens (tertiary/aromatic N) is 1. The maximum absolute atomic E-state index is 12.6. The Labute approximate surface area is 135 Å². The molecule has 5 heteroatoms. The number of rotatable bonds is 2. The number of amides is 1. The van der Waals surface area contributed by atoms with Crippen molar-refractivity contribution in [2.75, 3.05) is 5.75 Å². The Morgan fingerprint density at radius 1 is 1.32 bits per heavy atom. The van der Waals surface area contributed by atoms with Crippen molar-refractivity contribution >= 4 is 23.6 Å². The predicted octanol–water partition coefficient (Wildman–Crippen LogP) is 2.97. The average Bonchev–Trinajstić information content (AvgIpc) is 2.96. The lowest BCUT2D eigenvalue weighted by Crippen LogP contribution is -2.47. The van der Waals surface area contributed by atoms with E-state index in [-0.39, 0.29) is 16.7 Å². The lowest BCUT2D eigenvalue weighted by Gasteiger charge is -2.29. The summed E-state index contributed by atoms with van der Waals surface area (Å²) in [6.45, 7) is 7.93. The van der Waals surface area contributed by atoms with E-state index < -0.39 is 6.04 Å². The molecule has 2 fully saturated rings. The number of fused-ring (bicyclic) bond motifs is 1. The van der Waals surface area contributed by atoms with Crippen LogP contribution in [-0.4, -0.2) is 33.4 Å². The molecule has 2 aliphatic rings. The van der Waals surface area contributed by atoms with Gasteiger partial charge in [-0.05, 0) is 50.8 Å². The third-order valence-corrected chi connectivity index (χ3v) is 6.30. The summed E-state index contributed by atoms with van der Waals surface area (Å²) in [5.74, 6) is 0.996. The highest BCUT2D eigenvalue weighted by Gasteiger charge is 2.53. The van der Waals surface area contributed by atoms with Crippen LogP contribution in [0, 0.1) is 20.8 Å². The molecule has 1 aromatic rings. The monoisotopic (exact) mass is 319 g/mol. The summed E-state index contributed by atoms with van der Waals surface area (Å²) < 4.78 is 5.70. The quantitative estimate of drug-likeness (QED) is 0.621. The van der Waals surface area contributed by atoms with Crippen molar-refractivity contribution in [2.45, 2.75) is 51.4 Å². The highest BCUT2D eigenvalue weighted by atomic mass is 32.2. The van der Waals surface area contributed by atoms with Crippen molar-refractivity contribution in [1.82, 2.24) is 4.90 Å². The molecular weight excluding hydrogens is 298 g/mol. The minimum atomic E-state index is -0.468. The largest absolute Gasteiger partial charge is 0.424 e. The molecule has 0 aromatic heterocycles. The summed E-state index contributed by atoms with van der Waals surface area (Å²) in [5, 5.41) is 0. The first-order chi connectivity index (χ1) is 10.3. The molecule has 0 radical (unpaired) electrons. The molecule has 2 saturated heterocycles. The molecule has 0 aliphatic carbocycles. The summed E-state index contributed by atoms with van der Waals surface area (Å²) in [4.78, 5) is 26.3. The van der Waals surface area contributed by atoms with E-state index in [1.165, 1.54) is 0 Å². The number of aryl methyl sites for hydroxylation is 2. The minimum absolute atomic E-state index is 0.0622. The van der Waals surface area contributed by atoms with Gasteiger partial charge in [0.15, 0.2) is 0 Å². The molecular formula is C17H21NO3S. The fourth-order valence-corrected chi connectivity index (χ4v) is 4.66. The second-order valence-corrected chi connectivity index (χ2v) is 7.84. The van der Waals surface area contributed by atoms with Crippen LogP contribution in [0.4, 0.5) is 0 Å². The van der Waals surface area contributed by atoms with Crippen molar-refractivity contribution in [3.05, 3.63) is 28.8 Å². The number of hydrogen-bond acceptors (Lipinski definition) is 4. The lowest BCUT2D eigenvalue weighted by atomic mass is 10.1. The molecule has 118 valence electrons. The number of carbonyl (C=O) groups is 2. The van der Waals surface area contributed by atoms with Gasteiger partial charge in [-0.2, -0.15) is 0 Å². The van der Waals surface area contributed by atoms with Gasteiger partial charge in [-0.3, -0.25) is 4.79 Å². The molecule has 2 aliphatic heterocycles. The molecule has 0 spiro atoms. The highest BCUT2D eigenvalue weighted by molar-refractivity contribution is 8.01. The fourth-order valence-electron chi connectivity index (χ4n) is 3.25. The zero-order chi connectivity index (χ0) is 16.1. The number of ether oxygens (including phenoxy) is 1. The topological polar surface area (TPSA) is 46.6 Å². The molecule has 1 amide bonds.